The van der Waals surface area contributed by atoms with Gasteiger partial charge in [0.25, 0.3) is 11.8 Å². The lowest BCUT2D eigenvalue weighted by Crippen LogP contribution is -2.32. The van der Waals surface area contributed by atoms with Crippen LogP contribution in [0.2, 0.25) is 5.02 Å². The normalized spacial score (nSPS) is 13.8. The highest BCUT2D eigenvalue weighted by molar-refractivity contribution is 6.46. The molecule has 1 aliphatic rings. The molecule has 2 amide bonds. The van der Waals surface area contributed by atoms with Crippen molar-refractivity contribution in [2.75, 3.05) is 10.2 Å². The summed E-state index contributed by atoms with van der Waals surface area (Å²) >= 11 is 5.92. The SMILES string of the molecule is CCc1ccc(NC2=C(c3ccc(C)cc3C)C(=O)N(c3ccc(F)c(Cl)c3)C2=O)cc1. The molecule has 6 heteroatoms. The maximum absolute atomic E-state index is 13.7. The molecule has 0 aliphatic carbocycles. The Morgan fingerprint density at radius 1 is 0.938 bits per heavy atom. The zero-order valence-corrected chi connectivity index (χ0v) is 18.8. The number of aryl methyl sites for hydroxylation is 3. The average molecular weight is 449 g/mol. The second-order valence-electron chi connectivity index (χ2n) is 7.79. The highest BCUT2D eigenvalue weighted by Crippen LogP contribution is 2.36. The predicted octanol–water partition coefficient (Wildman–Crippen LogP) is 6.05. The summed E-state index contributed by atoms with van der Waals surface area (Å²) in [7, 11) is 0. The van der Waals surface area contributed by atoms with Crippen LogP contribution in [0.1, 0.15) is 29.2 Å². The number of nitrogens with zero attached hydrogens (tertiary/aromatic N) is 1. The molecule has 4 rings (SSSR count). The van der Waals surface area contributed by atoms with Crippen molar-refractivity contribution < 1.29 is 14.0 Å². The van der Waals surface area contributed by atoms with Gasteiger partial charge in [-0.05, 0) is 67.3 Å². The number of carbonyl (C=O) groups is 2. The van der Waals surface area contributed by atoms with E-state index in [9.17, 15) is 14.0 Å². The minimum atomic E-state index is -0.619. The number of benzene rings is 3. The van der Waals surface area contributed by atoms with Crippen LogP contribution in [0.15, 0.2) is 66.4 Å². The number of amides is 2. The summed E-state index contributed by atoms with van der Waals surface area (Å²) in [6, 6.07) is 17.2. The predicted molar refractivity (Wildman–Crippen MR) is 126 cm³/mol. The Kier molecular flexibility index (Phi) is 5.85. The van der Waals surface area contributed by atoms with Crippen molar-refractivity contribution in [3.8, 4) is 0 Å². The molecule has 0 unspecified atom stereocenters. The topological polar surface area (TPSA) is 49.4 Å². The van der Waals surface area contributed by atoms with Crippen molar-refractivity contribution in [3.63, 3.8) is 0 Å². The minimum absolute atomic E-state index is 0.160. The molecule has 4 nitrogen and oxygen atoms in total. The third-order valence-electron chi connectivity index (χ3n) is 5.53. The van der Waals surface area contributed by atoms with E-state index >= 15 is 0 Å². The molecule has 0 saturated carbocycles. The monoisotopic (exact) mass is 448 g/mol. The number of carbonyl (C=O) groups excluding carboxylic acids is 2. The molecule has 1 aliphatic heterocycles. The van der Waals surface area contributed by atoms with Crippen molar-refractivity contribution in [3.05, 3.63) is 99.5 Å². The maximum atomic E-state index is 13.7. The van der Waals surface area contributed by atoms with Gasteiger partial charge in [0.15, 0.2) is 0 Å². The van der Waals surface area contributed by atoms with Gasteiger partial charge < -0.3 is 5.32 Å². The molecule has 0 atom stereocenters. The molecule has 32 heavy (non-hydrogen) atoms. The van der Waals surface area contributed by atoms with Gasteiger partial charge >= 0.3 is 0 Å². The Morgan fingerprint density at radius 3 is 2.28 bits per heavy atom. The molecule has 162 valence electrons. The van der Waals surface area contributed by atoms with Gasteiger partial charge in [-0.1, -0.05) is 54.4 Å². The molecule has 0 saturated heterocycles. The smallest absolute Gasteiger partial charge is 0.282 e. The third-order valence-corrected chi connectivity index (χ3v) is 5.82. The molecule has 0 bridgehead atoms. The number of rotatable bonds is 5. The highest BCUT2D eigenvalue weighted by Gasteiger charge is 2.41. The Labute approximate surface area is 191 Å². The maximum Gasteiger partial charge on any atom is 0.282 e. The zero-order valence-electron chi connectivity index (χ0n) is 18.0. The number of halogens is 2. The molecule has 0 spiro atoms. The molecule has 1 heterocycles. The van der Waals surface area contributed by atoms with Crippen LogP contribution < -0.4 is 10.2 Å². The van der Waals surface area contributed by atoms with Gasteiger partial charge in [-0.15, -0.1) is 0 Å². The van der Waals surface area contributed by atoms with Crippen LogP contribution >= 0.6 is 11.6 Å². The van der Waals surface area contributed by atoms with Crippen LogP contribution in [0.4, 0.5) is 15.8 Å². The van der Waals surface area contributed by atoms with E-state index in [2.05, 4.69) is 12.2 Å². The van der Waals surface area contributed by atoms with Crippen molar-refractivity contribution in [1.82, 2.24) is 0 Å². The van der Waals surface area contributed by atoms with Crippen LogP contribution in [-0.2, 0) is 16.0 Å². The van der Waals surface area contributed by atoms with E-state index < -0.39 is 17.6 Å². The van der Waals surface area contributed by atoms with Crippen molar-refractivity contribution in [1.29, 1.82) is 0 Å². The van der Waals surface area contributed by atoms with E-state index in [1.807, 2.05) is 56.3 Å². The van der Waals surface area contributed by atoms with Gasteiger partial charge in [0.1, 0.15) is 11.5 Å². The first-order valence-corrected chi connectivity index (χ1v) is 10.7. The molecule has 3 aromatic rings. The van der Waals surface area contributed by atoms with E-state index in [4.69, 9.17) is 11.6 Å². The molecule has 0 radical (unpaired) electrons. The standard InChI is InChI=1S/C26H22ClFN2O2/c1-4-17-6-8-18(9-7-17)29-24-23(20-11-5-15(2)13-16(20)3)25(31)30(26(24)32)19-10-12-22(28)21(27)14-19/h5-14,29H,4H2,1-3H3. The van der Waals surface area contributed by atoms with E-state index in [1.165, 1.54) is 12.1 Å². The Hall–Kier alpha value is -3.44. The van der Waals surface area contributed by atoms with Gasteiger partial charge in [0.05, 0.1) is 16.3 Å². The molecule has 3 aromatic carbocycles. The number of nitrogens with one attached hydrogen (secondary N) is 1. The van der Waals surface area contributed by atoms with Gasteiger partial charge in [-0.2, -0.15) is 0 Å². The first kappa shape index (κ1) is 21.8. The minimum Gasteiger partial charge on any atom is -0.350 e. The Bertz CT molecular complexity index is 1270. The van der Waals surface area contributed by atoms with Gasteiger partial charge in [0, 0.05) is 5.69 Å². The molecule has 0 fully saturated rings. The summed E-state index contributed by atoms with van der Waals surface area (Å²) in [5.74, 6) is -1.63. The molecule has 1 N–H and O–H groups in total. The van der Waals surface area contributed by atoms with Crippen molar-refractivity contribution in [2.24, 2.45) is 0 Å². The summed E-state index contributed by atoms with van der Waals surface area (Å²) in [5.41, 5.74) is 5.11. The quantitative estimate of drug-likeness (QED) is 0.483. The van der Waals surface area contributed by atoms with Crippen LogP contribution in [0.3, 0.4) is 0 Å². The van der Waals surface area contributed by atoms with Crippen molar-refractivity contribution in [2.45, 2.75) is 27.2 Å². The second kappa shape index (κ2) is 8.60. The zero-order chi connectivity index (χ0) is 23.0. The van der Waals surface area contributed by atoms with E-state index in [0.717, 1.165) is 34.1 Å². The van der Waals surface area contributed by atoms with Gasteiger partial charge in [0.2, 0.25) is 0 Å². The van der Waals surface area contributed by atoms with E-state index in [1.54, 1.807) is 0 Å². The summed E-state index contributed by atoms with van der Waals surface area (Å²) in [6.07, 6.45) is 0.896. The Morgan fingerprint density at radius 2 is 1.66 bits per heavy atom. The fourth-order valence-electron chi connectivity index (χ4n) is 3.82. The van der Waals surface area contributed by atoms with E-state index in [0.29, 0.717) is 11.3 Å². The van der Waals surface area contributed by atoms with Crippen LogP contribution in [0.25, 0.3) is 5.57 Å². The van der Waals surface area contributed by atoms with Crippen LogP contribution in [0, 0.1) is 19.7 Å². The molecular formula is C26H22ClFN2O2. The van der Waals surface area contributed by atoms with Gasteiger partial charge in [-0.3, -0.25) is 9.59 Å². The molecule has 0 aromatic heterocycles. The molecular weight excluding hydrogens is 427 g/mol. The Balaban J connectivity index is 1.83. The first-order chi connectivity index (χ1) is 15.3. The lowest BCUT2D eigenvalue weighted by atomic mass is 9.97. The number of imide groups is 1. The first-order valence-electron chi connectivity index (χ1n) is 10.3. The van der Waals surface area contributed by atoms with Crippen molar-refractivity contribution >= 4 is 40.4 Å². The summed E-state index contributed by atoms with van der Waals surface area (Å²) in [5, 5.41) is 2.99. The summed E-state index contributed by atoms with van der Waals surface area (Å²) in [4.78, 5) is 28.0. The van der Waals surface area contributed by atoms with Gasteiger partial charge in [-0.25, -0.2) is 9.29 Å². The van der Waals surface area contributed by atoms with Crippen LogP contribution in [0.5, 0.6) is 0 Å². The largest absolute Gasteiger partial charge is 0.350 e. The summed E-state index contributed by atoms with van der Waals surface area (Å²) < 4.78 is 13.7. The fraction of sp³-hybridized carbons (Fsp3) is 0.154. The van der Waals surface area contributed by atoms with E-state index in [-0.39, 0.29) is 22.0 Å². The highest BCUT2D eigenvalue weighted by atomic mass is 35.5. The fourth-order valence-corrected chi connectivity index (χ4v) is 3.99. The number of hydrogen-bond donors (Lipinski definition) is 1. The average Bonchev–Trinajstić information content (AvgIpc) is 3.00. The summed E-state index contributed by atoms with van der Waals surface area (Å²) in [6.45, 7) is 5.93. The number of anilines is 2. The second-order valence-corrected chi connectivity index (χ2v) is 8.20. The van der Waals surface area contributed by atoms with Crippen LogP contribution in [-0.4, -0.2) is 11.8 Å². The lowest BCUT2D eigenvalue weighted by Gasteiger charge is -2.16. The lowest BCUT2D eigenvalue weighted by molar-refractivity contribution is -0.120. The third kappa shape index (κ3) is 3.92. The number of hydrogen-bond acceptors (Lipinski definition) is 3.